The largest absolute Gasteiger partial charge is 0.467 e. The standard InChI is InChI=1S/C20H30ClN3O3/c1-15(2)11-18(20(26)27-3)22-19(25)14-24-9-7-23(8-10-24)13-16-5-4-6-17(21)12-16/h4-6,12,15,18H,7-11,13-14H2,1-3H3,(H,22,25)/p+2/t18-/m0/s1. The smallest absolute Gasteiger partial charge is 0.328 e. The summed E-state index contributed by atoms with van der Waals surface area (Å²) < 4.78 is 4.81. The van der Waals surface area contributed by atoms with Crippen molar-refractivity contribution in [3.63, 3.8) is 0 Å². The van der Waals surface area contributed by atoms with Crippen LogP contribution >= 0.6 is 11.6 Å². The zero-order valence-electron chi connectivity index (χ0n) is 16.5. The van der Waals surface area contributed by atoms with Crippen molar-refractivity contribution in [1.29, 1.82) is 0 Å². The number of quaternary nitrogens is 2. The van der Waals surface area contributed by atoms with Crippen LogP contribution in [0.15, 0.2) is 24.3 Å². The molecule has 1 atom stereocenters. The van der Waals surface area contributed by atoms with Gasteiger partial charge in [0.15, 0.2) is 6.54 Å². The Bertz CT molecular complexity index is 631. The third-order valence-electron chi connectivity index (χ3n) is 4.95. The molecule has 1 amide bonds. The first-order valence-electron chi connectivity index (χ1n) is 9.66. The Kier molecular flexibility index (Phi) is 8.54. The van der Waals surface area contributed by atoms with E-state index < -0.39 is 6.04 Å². The van der Waals surface area contributed by atoms with Crippen LogP contribution in [0.2, 0.25) is 5.02 Å². The SMILES string of the molecule is COC(=O)[C@H](CC(C)C)NC(=O)C[NH+]1CC[NH+](Cc2cccc(Cl)c2)CC1. The number of carbonyl (C=O) groups is 2. The van der Waals surface area contributed by atoms with Crippen LogP contribution in [0.4, 0.5) is 0 Å². The number of benzene rings is 1. The number of ether oxygens (including phenoxy) is 1. The summed E-state index contributed by atoms with van der Waals surface area (Å²) in [6, 6.07) is 7.44. The fraction of sp³-hybridized carbons (Fsp3) is 0.600. The first-order chi connectivity index (χ1) is 12.9. The zero-order chi connectivity index (χ0) is 19.8. The van der Waals surface area contributed by atoms with E-state index in [2.05, 4.69) is 11.4 Å². The van der Waals surface area contributed by atoms with Crippen molar-refractivity contribution in [3.05, 3.63) is 34.9 Å². The fourth-order valence-corrected chi connectivity index (χ4v) is 3.76. The minimum atomic E-state index is -0.559. The monoisotopic (exact) mass is 397 g/mol. The van der Waals surface area contributed by atoms with Crippen LogP contribution in [0.25, 0.3) is 0 Å². The Labute approximate surface area is 166 Å². The van der Waals surface area contributed by atoms with Gasteiger partial charge in [-0.1, -0.05) is 37.6 Å². The molecular formula is C20H32ClN3O3+2. The Morgan fingerprint density at radius 2 is 1.85 bits per heavy atom. The van der Waals surface area contributed by atoms with Gasteiger partial charge < -0.3 is 19.9 Å². The molecule has 2 rings (SSSR count). The van der Waals surface area contributed by atoms with Gasteiger partial charge in [-0.3, -0.25) is 4.79 Å². The van der Waals surface area contributed by atoms with Crippen molar-refractivity contribution in [1.82, 2.24) is 5.32 Å². The van der Waals surface area contributed by atoms with Gasteiger partial charge in [0, 0.05) is 10.6 Å². The normalized spacial score (nSPS) is 20.9. The number of piperazine rings is 1. The van der Waals surface area contributed by atoms with Gasteiger partial charge in [0.25, 0.3) is 5.91 Å². The number of methoxy groups -OCH3 is 1. The van der Waals surface area contributed by atoms with Gasteiger partial charge >= 0.3 is 5.97 Å². The minimum absolute atomic E-state index is 0.0839. The van der Waals surface area contributed by atoms with Crippen LogP contribution in [0.1, 0.15) is 25.8 Å². The number of amides is 1. The van der Waals surface area contributed by atoms with E-state index in [1.165, 1.54) is 22.5 Å². The maximum Gasteiger partial charge on any atom is 0.328 e. The van der Waals surface area contributed by atoms with Crippen molar-refractivity contribution < 1.29 is 24.1 Å². The van der Waals surface area contributed by atoms with E-state index in [1.807, 2.05) is 32.0 Å². The van der Waals surface area contributed by atoms with Gasteiger partial charge in [-0.05, 0) is 24.5 Å². The summed E-state index contributed by atoms with van der Waals surface area (Å²) in [6.07, 6.45) is 0.589. The molecule has 1 aliphatic rings. The third-order valence-corrected chi connectivity index (χ3v) is 5.18. The summed E-state index contributed by atoms with van der Waals surface area (Å²) in [5.41, 5.74) is 1.24. The van der Waals surface area contributed by atoms with Crippen molar-refractivity contribution >= 4 is 23.5 Å². The van der Waals surface area contributed by atoms with E-state index in [4.69, 9.17) is 16.3 Å². The molecular weight excluding hydrogens is 366 g/mol. The van der Waals surface area contributed by atoms with Gasteiger partial charge in [-0.2, -0.15) is 0 Å². The molecule has 1 heterocycles. The summed E-state index contributed by atoms with van der Waals surface area (Å²) in [6.45, 7) is 9.31. The zero-order valence-corrected chi connectivity index (χ0v) is 17.3. The molecule has 0 spiro atoms. The molecule has 1 aromatic rings. The quantitative estimate of drug-likeness (QED) is 0.510. The van der Waals surface area contributed by atoms with E-state index >= 15 is 0 Å². The fourth-order valence-electron chi connectivity index (χ4n) is 3.55. The lowest BCUT2D eigenvalue weighted by Gasteiger charge is -2.29. The second kappa shape index (κ2) is 10.6. The van der Waals surface area contributed by atoms with Gasteiger partial charge in [0.2, 0.25) is 0 Å². The van der Waals surface area contributed by atoms with E-state index in [0.29, 0.717) is 18.9 Å². The van der Waals surface area contributed by atoms with Gasteiger partial charge in [-0.25, -0.2) is 4.79 Å². The van der Waals surface area contributed by atoms with E-state index in [1.54, 1.807) is 0 Å². The van der Waals surface area contributed by atoms with Crippen LogP contribution in [0, 0.1) is 5.92 Å². The summed E-state index contributed by atoms with van der Waals surface area (Å²) in [7, 11) is 1.36. The van der Waals surface area contributed by atoms with Crippen molar-refractivity contribution in [2.75, 3.05) is 39.8 Å². The third kappa shape index (κ3) is 7.48. The molecule has 0 aromatic heterocycles. The maximum absolute atomic E-state index is 12.4. The number of esters is 1. The highest BCUT2D eigenvalue weighted by Crippen LogP contribution is 2.09. The lowest BCUT2D eigenvalue weighted by molar-refractivity contribution is -1.02. The first kappa shape index (κ1) is 21.7. The van der Waals surface area contributed by atoms with Crippen molar-refractivity contribution in [2.45, 2.75) is 32.9 Å². The molecule has 0 saturated carbocycles. The number of rotatable bonds is 8. The highest BCUT2D eigenvalue weighted by Gasteiger charge is 2.28. The average Bonchev–Trinajstić information content (AvgIpc) is 2.62. The van der Waals surface area contributed by atoms with Crippen LogP contribution in [0.3, 0.4) is 0 Å². The highest BCUT2D eigenvalue weighted by atomic mass is 35.5. The number of hydrogen-bond acceptors (Lipinski definition) is 3. The van der Waals surface area contributed by atoms with Gasteiger partial charge in [0.1, 0.15) is 38.8 Å². The number of carbonyl (C=O) groups excluding carboxylic acids is 2. The van der Waals surface area contributed by atoms with Crippen LogP contribution in [0.5, 0.6) is 0 Å². The molecule has 6 nitrogen and oxygen atoms in total. The summed E-state index contributed by atoms with van der Waals surface area (Å²) in [4.78, 5) is 27.0. The van der Waals surface area contributed by atoms with Gasteiger partial charge in [0.05, 0.1) is 7.11 Å². The lowest BCUT2D eigenvalue weighted by atomic mass is 10.0. The summed E-state index contributed by atoms with van der Waals surface area (Å²) in [5.74, 6) is -0.150. The molecule has 0 radical (unpaired) electrons. The predicted octanol–water partition coefficient (Wildman–Crippen LogP) is -0.673. The van der Waals surface area contributed by atoms with E-state index in [0.717, 1.165) is 37.7 Å². The van der Waals surface area contributed by atoms with Gasteiger partial charge in [-0.15, -0.1) is 0 Å². The van der Waals surface area contributed by atoms with Crippen LogP contribution in [-0.2, 0) is 20.9 Å². The Morgan fingerprint density at radius 3 is 2.44 bits per heavy atom. The summed E-state index contributed by atoms with van der Waals surface area (Å²) >= 11 is 6.06. The molecule has 0 bridgehead atoms. The first-order valence-corrected chi connectivity index (χ1v) is 10.0. The van der Waals surface area contributed by atoms with Crippen molar-refractivity contribution in [3.8, 4) is 0 Å². The highest BCUT2D eigenvalue weighted by molar-refractivity contribution is 6.30. The Balaban J connectivity index is 1.77. The molecule has 1 aliphatic heterocycles. The Hall–Kier alpha value is -1.63. The Morgan fingerprint density at radius 1 is 1.19 bits per heavy atom. The number of hydrogen-bond donors (Lipinski definition) is 3. The van der Waals surface area contributed by atoms with Crippen molar-refractivity contribution in [2.24, 2.45) is 5.92 Å². The average molecular weight is 398 g/mol. The molecule has 1 saturated heterocycles. The summed E-state index contributed by atoms with van der Waals surface area (Å²) in [5, 5.41) is 3.62. The van der Waals surface area contributed by atoms with E-state index in [-0.39, 0.29) is 11.9 Å². The molecule has 0 unspecified atom stereocenters. The molecule has 7 heteroatoms. The van der Waals surface area contributed by atoms with Crippen LogP contribution in [-0.4, -0.2) is 57.8 Å². The number of nitrogens with one attached hydrogen (secondary N) is 3. The molecule has 3 N–H and O–H groups in total. The topological polar surface area (TPSA) is 64.3 Å². The predicted molar refractivity (Wildman–Crippen MR) is 105 cm³/mol. The molecule has 1 aromatic carbocycles. The lowest BCUT2D eigenvalue weighted by Crippen LogP contribution is -3.28. The van der Waals surface area contributed by atoms with E-state index in [9.17, 15) is 9.59 Å². The molecule has 150 valence electrons. The molecule has 1 fully saturated rings. The van der Waals surface area contributed by atoms with Crippen LogP contribution < -0.4 is 15.1 Å². The molecule has 27 heavy (non-hydrogen) atoms. The maximum atomic E-state index is 12.4. The second-order valence-corrected chi connectivity index (χ2v) is 8.19. The molecule has 0 aliphatic carbocycles. The minimum Gasteiger partial charge on any atom is -0.467 e. The second-order valence-electron chi connectivity index (χ2n) is 7.76. The number of halogens is 1.